The Morgan fingerprint density at radius 2 is 0.489 bits per heavy atom. The summed E-state index contributed by atoms with van der Waals surface area (Å²) in [6.07, 6.45) is 0. The highest BCUT2D eigenvalue weighted by atomic mass is 32.2. The second-order valence-corrected chi connectivity index (χ2v) is 19.7. The van der Waals surface area contributed by atoms with Gasteiger partial charge in [-0.3, -0.25) is 0 Å². The van der Waals surface area contributed by atoms with E-state index >= 15 is 0 Å². The van der Waals surface area contributed by atoms with E-state index in [-0.39, 0.29) is 19.6 Å². The molecule has 0 atom stereocenters. The first-order valence-corrected chi connectivity index (χ1v) is 20.6. The Labute approximate surface area is 266 Å². The molecule has 4 aromatic carbocycles. The van der Waals surface area contributed by atoms with Crippen LogP contribution in [0.4, 0.5) is 0 Å². The molecule has 0 aromatic heterocycles. The third kappa shape index (κ3) is 8.49. The second-order valence-electron chi connectivity index (χ2n) is 11.8. The minimum Gasteiger partial charge on any atom is -0.224 e. The minimum atomic E-state index is -4.41. The van der Waals surface area contributed by atoms with E-state index < -0.39 is 67.8 Å². The molecule has 0 aliphatic carbocycles. The fraction of sp³-hybridized carbons (Fsp3) is 0.273. The number of benzene rings is 4. The fourth-order valence-electron chi connectivity index (χ4n) is 5.18. The topological polar surface area (TPSA) is 137 Å². The third-order valence-corrected chi connectivity index (χ3v) is 15.4. The molecular formula is C33H36O8S4. The van der Waals surface area contributed by atoms with Crippen molar-refractivity contribution in [2.24, 2.45) is 5.41 Å². The largest absolute Gasteiger partial charge is 0.224 e. The van der Waals surface area contributed by atoms with Crippen molar-refractivity contribution in [1.82, 2.24) is 0 Å². The Balaban J connectivity index is 1.97. The third-order valence-electron chi connectivity index (χ3n) is 7.51. The Kier molecular flexibility index (Phi) is 9.84. The highest BCUT2D eigenvalue weighted by Gasteiger charge is 2.47. The summed E-state index contributed by atoms with van der Waals surface area (Å²) in [5.74, 6) is -4.21. The molecule has 0 heterocycles. The molecule has 0 unspecified atom stereocenters. The predicted molar refractivity (Wildman–Crippen MR) is 175 cm³/mol. The van der Waals surface area contributed by atoms with Crippen LogP contribution in [-0.4, -0.2) is 56.7 Å². The van der Waals surface area contributed by atoms with Crippen molar-refractivity contribution < 1.29 is 33.7 Å². The Hall–Kier alpha value is -3.32. The quantitative estimate of drug-likeness (QED) is 0.201. The van der Waals surface area contributed by atoms with Gasteiger partial charge in [-0.15, -0.1) is 0 Å². The highest BCUT2D eigenvalue weighted by Crippen LogP contribution is 2.35. The maximum atomic E-state index is 14.0. The van der Waals surface area contributed by atoms with E-state index in [1.807, 2.05) is 0 Å². The molecule has 0 aliphatic rings. The standard InChI is InChI=1S/C33H36O8S4/c1-25-5-13-29(14-6-25)42(34,35)21-33(22-43(36,37)30-15-7-26(2)8-16-30,23-44(38,39)31-17-9-27(3)10-18-31)24-45(40,41)32-19-11-28(4)12-20-32/h5-20H,21-24H2,1-4H3. The maximum Gasteiger partial charge on any atom is 0.179 e. The Morgan fingerprint density at radius 1 is 0.333 bits per heavy atom. The fourth-order valence-corrected chi connectivity index (χ4v) is 13.3. The van der Waals surface area contributed by atoms with Crippen LogP contribution in [0.1, 0.15) is 22.3 Å². The van der Waals surface area contributed by atoms with Crippen molar-refractivity contribution in [3.8, 4) is 0 Å². The smallest absolute Gasteiger partial charge is 0.179 e. The van der Waals surface area contributed by atoms with Crippen molar-refractivity contribution in [3.05, 3.63) is 119 Å². The van der Waals surface area contributed by atoms with Gasteiger partial charge in [-0.25, -0.2) is 33.7 Å². The first-order chi connectivity index (χ1) is 20.8. The van der Waals surface area contributed by atoms with Gasteiger partial charge in [0.25, 0.3) is 0 Å². The molecule has 0 saturated carbocycles. The molecule has 4 aromatic rings. The molecule has 0 saturated heterocycles. The summed E-state index contributed by atoms with van der Waals surface area (Å²) in [6, 6.07) is 23.2. The van der Waals surface area contributed by atoms with Crippen LogP contribution in [0, 0.1) is 33.1 Å². The van der Waals surface area contributed by atoms with Gasteiger partial charge in [-0.2, -0.15) is 0 Å². The zero-order valence-electron chi connectivity index (χ0n) is 25.5. The van der Waals surface area contributed by atoms with Gasteiger partial charge in [0.15, 0.2) is 39.3 Å². The lowest BCUT2D eigenvalue weighted by Gasteiger charge is -2.33. The van der Waals surface area contributed by atoms with Crippen LogP contribution in [0.15, 0.2) is 117 Å². The first kappa shape index (κ1) is 34.6. The van der Waals surface area contributed by atoms with Crippen LogP contribution in [-0.2, 0) is 39.3 Å². The normalized spacial score (nSPS) is 13.1. The van der Waals surface area contributed by atoms with Gasteiger partial charge >= 0.3 is 0 Å². The predicted octanol–water partition coefficient (Wildman–Crippen LogP) is 5.10. The summed E-state index contributed by atoms with van der Waals surface area (Å²) in [4.78, 5) is -0.701. The number of sulfone groups is 4. The van der Waals surface area contributed by atoms with Crippen molar-refractivity contribution in [2.75, 3.05) is 23.0 Å². The van der Waals surface area contributed by atoms with Crippen LogP contribution in [0.3, 0.4) is 0 Å². The van der Waals surface area contributed by atoms with E-state index in [4.69, 9.17) is 0 Å². The van der Waals surface area contributed by atoms with Gasteiger partial charge in [-0.1, -0.05) is 70.8 Å². The molecule has 240 valence electrons. The van der Waals surface area contributed by atoms with Crippen molar-refractivity contribution >= 4 is 39.3 Å². The molecule has 0 fully saturated rings. The zero-order chi connectivity index (χ0) is 33.3. The molecule has 0 radical (unpaired) electrons. The van der Waals surface area contributed by atoms with Crippen LogP contribution in [0.5, 0.6) is 0 Å². The lowest BCUT2D eigenvalue weighted by Crippen LogP contribution is -2.47. The first-order valence-electron chi connectivity index (χ1n) is 14.0. The minimum absolute atomic E-state index is 0.175. The van der Waals surface area contributed by atoms with Gasteiger partial charge in [0.05, 0.1) is 42.6 Å². The van der Waals surface area contributed by atoms with Gasteiger partial charge in [-0.05, 0) is 76.2 Å². The van der Waals surface area contributed by atoms with E-state index in [0.717, 1.165) is 22.3 Å². The molecule has 12 heteroatoms. The molecule has 45 heavy (non-hydrogen) atoms. The average Bonchev–Trinajstić information content (AvgIpc) is 2.92. The molecule has 4 rings (SSSR count). The lowest BCUT2D eigenvalue weighted by atomic mass is 9.99. The molecule has 0 amide bonds. The summed E-state index contributed by atoms with van der Waals surface area (Å²) in [6.45, 7) is 7.04. The summed E-state index contributed by atoms with van der Waals surface area (Å²) < 4.78 is 112. The number of rotatable bonds is 12. The van der Waals surface area contributed by atoms with E-state index in [9.17, 15) is 33.7 Å². The number of aryl methyl sites for hydroxylation is 4. The van der Waals surface area contributed by atoms with Crippen LogP contribution in [0.2, 0.25) is 0 Å². The molecule has 8 nitrogen and oxygen atoms in total. The molecule has 0 aliphatic heterocycles. The van der Waals surface area contributed by atoms with E-state index in [0.29, 0.717) is 0 Å². The zero-order valence-corrected chi connectivity index (χ0v) is 28.7. The Morgan fingerprint density at radius 3 is 0.644 bits per heavy atom. The van der Waals surface area contributed by atoms with E-state index in [1.165, 1.54) is 48.5 Å². The summed E-state index contributed by atoms with van der Waals surface area (Å²) in [5.41, 5.74) is 0.759. The second kappa shape index (κ2) is 12.8. The molecular weight excluding hydrogens is 653 g/mol. The summed E-state index contributed by atoms with van der Waals surface area (Å²) in [7, 11) is -17.6. The number of hydrogen-bond donors (Lipinski definition) is 0. The van der Waals surface area contributed by atoms with Crippen molar-refractivity contribution in [3.63, 3.8) is 0 Å². The monoisotopic (exact) mass is 688 g/mol. The Bertz CT molecular complexity index is 1780. The molecule has 0 N–H and O–H groups in total. The van der Waals surface area contributed by atoms with Crippen LogP contribution in [0.25, 0.3) is 0 Å². The van der Waals surface area contributed by atoms with Gasteiger partial charge < -0.3 is 0 Å². The summed E-state index contributed by atoms with van der Waals surface area (Å²) in [5, 5.41) is 0. The highest BCUT2D eigenvalue weighted by molar-refractivity contribution is 7.94. The van der Waals surface area contributed by atoms with Gasteiger partial charge in [0.2, 0.25) is 0 Å². The van der Waals surface area contributed by atoms with Gasteiger partial charge in [0, 0.05) is 5.41 Å². The number of hydrogen-bond acceptors (Lipinski definition) is 8. The molecule has 0 bridgehead atoms. The summed E-state index contributed by atoms with van der Waals surface area (Å²) >= 11 is 0. The van der Waals surface area contributed by atoms with Crippen LogP contribution >= 0.6 is 0 Å². The van der Waals surface area contributed by atoms with Gasteiger partial charge in [0.1, 0.15) is 0 Å². The van der Waals surface area contributed by atoms with Crippen molar-refractivity contribution in [2.45, 2.75) is 47.3 Å². The van der Waals surface area contributed by atoms with Crippen LogP contribution < -0.4 is 0 Å². The van der Waals surface area contributed by atoms with E-state index in [1.54, 1.807) is 76.2 Å². The van der Waals surface area contributed by atoms with Crippen molar-refractivity contribution in [1.29, 1.82) is 0 Å². The maximum absolute atomic E-state index is 14.0. The lowest BCUT2D eigenvalue weighted by molar-refractivity contribution is 0.448. The van der Waals surface area contributed by atoms with E-state index in [2.05, 4.69) is 0 Å². The SMILES string of the molecule is Cc1ccc(S(=O)(=O)CC(CS(=O)(=O)c2ccc(C)cc2)(CS(=O)(=O)c2ccc(C)cc2)CS(=O)(=O)c2ccc(C)cc2)cc1. The average molecular weight is 689 g/mol. The molecule has 0 spiro atoms.